The van der Waals surface area contributed by atoms with E-state index in [9.17, 15) is 24.3 Å². The van der Waals surface area contributed by atoms with Crippen molar-refractivity contribution in [1.82, 2.24) is 9.38 Å². The molecule has 1 N–H and O–H groups in total. The second kappa shape index (κ2) is 8.32. The second-order valence-electron chi connectivity index (χ2n) is 7.81. The van der Waals surface area contributed by atoms with Crippen molar-refractivity contribution in [3.63, 3.8) is 0 Å². The van der Waals surface area contributed by atoms with E-state index in [1.54, 1.807) is 25.1 Å². The zero-order valence-electron chi connectivity index (χ0n) is 17.9. The topological polar surface area (TPSA) is 95.0 Å². The first-order valence-corrected chi connectivity index (χ1v) is 9.74. The van der Waals surface area contributed by atoms with E-state index in [-0.39, 0.29) is 34.7 Å². The molecular weight excluding hydrogens is 374 g/mol. The smallest absolute Gasteiger partial charge is 0.407 e. The number of benzene rings is 1. The Bertz CT molecular complexity index is 853. The number of carboxylic acid groups (broad SMARTS) is 1. The highest BCUT2D eigenvalue weighted by molar-refractivity contribution is 5.98. The van der Waals surface area contributed by atoms with Crippen LogP contribution in [-0.4, -0.2) is 59.9 Å². The maximum atomic E-state index is 12.6. The molecule has 158 valence electrons. The molecule has 1 aromatic rings. The highest BCUT2D eigenvalue weighted by Crippen LogP contribution is 2.45. The summed E-state index contributed by atoms with van der Waals surface area (Å²) < 4.78 is 0.0517. The first-order valence-electron chi connectivity index (χ1n) is 9.74. The van der Waals surface area contributed by atoms with Crippen molar-refractivity contribution in [1.29, 1.82) is 0 Å². The number of nitrogens with zero attached hydrogens (tertiary/aromatic N) is 3. The standard InChI is InChI=1S/C21H29N3O5/c1-7-22(21(28)29)19-10-13(2)24(6,16(5)27)20-9-8-17(11-18(19)20)23(15(4)26)12-14(3)25/h8-9,11,13,19H,7,10,12H2,1-6H3/p+1/t13-,19+,24?/m0/s1. The van der Waals surface area contributed by atoms with E-state index in [4.69, 9.17) is 0 Å². The summed E-state index contributed by atoms with van der Waals surface area (Å²) in [6.07, 6.45) is -0.563. The summed E-state index contributed by atoms with van der Waals surface area (Å²) >= 11 is 0. The number of hydrogen-bond acceptors (Lipinski definition) is 4. The SMILES string of the molecule is CCN(C(=O)O)[C@@H]1C[C@H](C)[N+](C)(C(C)=O)c2ccc(N(CC(C)=O)C(C)=O)cc21. The molecule has 2 rings (SSSR count). The molecular formula is C21H30N3O5+. The van der Waals surface area contributed by atoms with Crippen LogP contribution in [0.5, 0.6) is 0 Å². The van der Waals surface area contributed by atoms with Crippen LogP contribution in [-0.2, 0) is 14.4 Å². The average Bonchev–Trinajstić information content (AvgIpc) is 2.63. The van der Waals surface area contributed by atoms with Crippen LogP contribution >= 0.6 is 0 Å². The Hall–Kier alpha value is -2.74. The molecule has 8 heteroatoms. The first kappa shape index (κ1) is 22.5. The van der Waals surface area contributed by atoms with Gasteiger partial charge in [-0.1, -0.05) is 0 Å². The van der Waals surface area contributed by atoms with Gasteiger partial charge in [-0.25, -0.2) is 14.1 Å². The lowest BCUT2D eigenvalue weighted by atomic mass is 9.88. The molecule has 1 unspecified atom stereocenters. The third-order valence-corrected chi connectivity index (χ3v) is 6.01. The number of fused-ring (bicyclic) bond motifs is 1. The van der Waals surface area contributed by atoms with E-state index in [0.717, 1.165) is 5.69 Å². The van der Waals surface area contributed by atoms with Gasteiger partial charge in [-0.15, -0.1) is 0 Å². The summed E-state index contributed by atoms with van der Waals surface area (Å²) in [4.78, 5) is 50.9. The second-order valence-corrected chi connectivity index (χ2v) is 7.81. The highest BCUT2D eigenvalue weighted by Gasteiger charge is 2.47. The molecule has 1 heterocycles. The summed E-state index contributed by atoms with van der Waals surface area (Å²) in [7, 11) is 1.83. The number of quaternary nitrogens is 1. The van der Waals surface area contributed by atoms with E-state index in [1.807, 2.05) is 14.0 Å². The summed E-state index contributed by atoms with van der Waals surface area (Å²) in [5, 5.41) is 9.71. The van der Waals surface area contributed by atoms with Crippen molar-refractivity contribution >= 4 is 35.1 Å². The van der Waals surface area contributed by atoms with Crippen molar-refractivity contribution in [3.8, 4) is 0 Å². The summed E-state index contributed by atoms with van der Waals surface area (Å²) in [6.45, 7) is 8.26. The number of ketones is 1. The monoisotopic (exact) mass is 404 g/mol. The maximum Gasteiger partial charge on any atom is 0.407 e. The lowest BCUT2D eigenvalue weighted by Gasteiger charge is -2.45. The Morgan fingerprint density at radius 1 is 1.17 bits per heavy atom. The molecule has 8 nitrogen and oxygen atoms in total. The zero-order valence-corrected chi connectivity index (χ0v) is 17.9. The molecule has 1 aliphatic heterocycles. The highest BCUT2D eigenvalue weighted by atomic mass is 16.4. The third-order valence-electron chi connectivity index (χ3n) is 6.01. The summed E-state index contributed by atoms with van der Waals surface area (Å²) in [5.41, 5.74) is 1.93. The van der Waals surface area contributed by atoms with Crippen molar-refractivity contribution in [2.24, 2.45) is 0 Å². The van der Waals surface area contributed by atoms with Gasteiger partial charge in [0, 0.05) is 37.2 Å². The minimum atomic E-state index is -1.04. The molecule has 0 radical (unpaired) electrons. The molecule has 0 fully saturated rings. The van der Waals surface area contributed by atoms with Crippen molar-refractivity contribution in [2.75, 3.05) is 25.0 Å². The number of anilines is 1. The van der Waals surface area contributed by atoms with Gasteiger partial charge in [-0.05, 0) is 32.9 Å². The lowest BCUT2D eigenvalue weighted by molar-refractivity contribution is -0.129. The van der Waals surface area contributed by atoms with Crippen LogP contribution in [0.4, 0.5) is 16.2 Å². The van der Waals surface area contributed by atoms with Crippen LogP contribution in [0.15, 0.2) is 18.2 Å². The van der Waals surface area contributed by atoms with Crippen LogP contribution in [0, 0.1) is 0 Å². The van der Waals surface area contributed by atoms with Crippen molar-refractivity contribution < 1.29 is 24.3 Å². The largest absolute Gasteiger partial charge is 0.465 e. The van der Waals surface area contributed by atoms with Gasteiger partial charge in [0.2, 0.25) is 5.91 Å². The maximum absolute atomic E-state index is 12.6. The first-order chi connectivity index (χ1) is 13.4. The van der Waals surface area contributed by atoms with Gasteiger partial charge in [-0.2, -0.15) is 0 Å². The Morgan fingerprint density at radius 2 is 1.79 bits per heavy atom. The van der Waals surface area contributed by atoms with E-state index in [0.29, 0.717) is 24.2 Å². The van der Waals surface area contributed by atoms with E-state index in [2.05, 4.69) is 0 Å². The molecule has 0 saturated heterocycles. The number of amides is 3. The predicted molar refractivity (Wildman–Crippen MR) is 111 cm³/mol. The van der Waals surface area contributed by atoms with Crippen LogP contribution in [0.25, 0.3) is 0 Å². The van der Waals surface area contributed by atoms with Crippen LogP contribution in [0.2, 0.25) is 0 Å². The fourth-order valence-electron chi connectivity index (χ4n) is 4.17. The zero-order chi connectivity index (χ0) is 22.1. The lowest BCUT2D eigenvalue weighted by Crippen LogP contribution is -2.60. The Balaban J connectivity index is 2.73. The number of hydrogen-bond donors (Lipinski definition) is 1. The van der Waals surface area contributed by atoms with Crippen molar-refractivity contribution in [3.05, 3.63) is 23.8 Å². The van der Waals surface area contributed by atoms with Crippen molar-refractivity contribution in [2.45, 2.75) is 53.1 Å². The van der Waals surface area contributed by atoms with E-state index >= 15 is 0 Å². The summed E-state index contributed by atoms with van der Waals surface area (Å²) in [6, 6.07) is 4.68. The minimum absolute atomic E-state index is 0.0458. The van der Waals surface area contributed by atoms with Gasteiger partial charge in [0.15, 0.2) is 0 Å². The number of carbonyl (C=O) groups excluding carboxylic acids is 3. The van der Waals surface area contributed by atoms with Gasteiger partial charge < -0.3 is 14.9 Å². The molecule has 1 aromatic carbocycles. The van der Waals surface area contributed by atoms with Gasteiger partial charge in [0.05, 0.1) is 32.6 Å². The van der Waals surface area contributed by atoms with Gasteiger partial charge in [0.1, 0.15) is 11.5 Å². The fraction of sp³-hybridized carbons (Fsp3) is 0.524. The quantitative estimate of drug-likeness (QED) is 0.762. The van der Waals surface area contributed by atoms with Gasteiger partial charge in [0.25, 0.3) is 0 Å². The normalized spacial score (nSPS) is 23.1. The minimum Gasteiger partial charge on any atom is -0.465 e. The Kier molecular flexibility index (Phi) is 6.47. The number of rotatable bonds is 5. The number of Topliss-reactive ketones (excluding diaryl/α,β-unsaturated/α-hetero) is 1. The van der Waals surface area contributed by atoms with E-state index in [1.165, 1.54) is 30.6 Å². The Morgan fingerprint density at radius 3 is 2.24 bits per heavy atom. The molecule has 0 bridgehead atoms. The average molecular weight is 404 g/mol. The van der Waals surface area contributed by atoms with Crippen LogP contribution in [0.3, 0.4) is 0 Å². The molecule has 1 aliphatic rings. The molecule has 0 aliphatic carbocycles. The Labute approximate surface area is 171 Å². The third kappa shape index (κ3) is 4.03. The molecule has 0 aromatic heterocycles. The molecule has 0 spiro atoms. The summed E-state index contributed by atoms with van der Waals surface area (Å²) in [5.74, 6) is -0.487. The molecule has 3 amide bonds. The van der Waals surface area contributed by atoms with Gasteiger partial charge in [-0.3, -0.25) is 9.59 Å². The van der Waals surface area contributed by atoms with E-state index < -0.39 is 12.1 Å². The predicted octanol–water partition coefficient (Wildman–Crippen LogP) is 2.95. The number of carbonyl (C=O) groups is 4. The van der Waals surface area contributed by atoms with Crippen LogP contribution < -0.4 is 9.38 Å². The molecule has 0 saturated carbocycles. The van der Waals surface area contributed by atoms with Gasteiger partial charge >= 0.3 is 12.0 Å². The van der Waals surface area contributed by atoms with Crippen LogP contribution in [0.1, 0.15) is 52.6 Å². The molecule has 3 atom stereocenters. The fourth-order valence-corrected chi connectivity index (χ4v) is 4.17. The molecule has 29 heavy (non-hydrogen) atoms.